The number of halogens is 2. The number of hydrogen-bond donors (Lipinski definition) is 4. The number of aromatic nitrogens is 2. The SMILES string of the molecule is NC(=O)c1nn(CC(=O)N(CC(=O)NCc2cccc(Cl)c2F)C2CC2)c2ccc(NC(=O)Nc3ccccc3)cc12. The Morgan fingerprint density at radius 3 is 2.45 bits per heavy atom. The van der Waals surface area contributed by atoms with Gasteiger partial charge in [0, 0.05) is 34.9 Å². The van der Waals surface area contributed by atoms with Crippen molar-refractivity contribution in [3.8, 4) is 0 Å². The number of fused-ring (bicyclic) bond motifs is 1. The molecule has 0 saturated heterocycles. The Kier molecular flexibility index (Phi) is 8.34. The number of anilines is 2. The zero-order valence-electron chi connectivity index (χ0n) is 22.3. The van der Waals surface area contributed by atoms with E-state index in [1.165, 1.54) is 21.7 Å². The lowest BCUT2D eigenvalue weighted by atomic mass is 10.2. The number of primary amides is 1. The first-order valence-electron chi connectivity index (χ1n) is 13.1. The summed E-state index contributed by atoms with van der Waals surface area (Å²) < 4.78 is 15.5. The van der Waals surface area contributed by atoms with E-state index < -0.39 is 23.7 Å². The van der Waals surface area contributed by atoms with E-state index in [0.29, 0.717) is 22.3 Å². The zero-order chi connectivity index (χ0) is 29.8. The van der Waals surface area contributed by atoms with E-state index in [9.17, 15) is 23.6 Å². The molecule has 216 valence electrons. The molecule has 3 aromatic carbocycles. The summed E-state index contributed by atoms with van der Waals surface area (Å²) >= 11 is 5.81. The fourth-order valence-electron chi connectivity index (χ4n) is 4.49. The highest BCUT2D eigenvalue weighted by Crippen LogP contribution is 2.28. The molecule has 0 spiro atoms. The van der Waals surface area contributed by atoms with Crippen LogP contribution >= 0.6 is 11.6 Å². The second-order valence-corrected chi connectivity index (χ2v) is 10.2. The molecule has 1 aromatic heterocycles. The van der Waals surface area contributed by atoms with Gasteiger partial charge in [-0.2, -0.15) is 5.10 Å². The maximum atomic E-state index is 14.2. The summed E-state index contributed by atoms with van der Waals surface area (Å²) in [5.41, 5.74) is 7.16. The Balaban J connectivity index is 1.28. The van der Waals surface area contributed by atoms with E-state index in [1.807, 2.05) is 6.07 Å². The van der Waals surface area contributed by atoms with Crippen LogP contribution in [-0.2, 0) is 22.7 Å². The molecule has 11 nitrogen and oxygen atoms in total. The van der Waals surface area contributed by atoms with Crippen LogP contribution in [0.5, 0.6) is 0 Å². The van der Waals surface area contributed by atoms with Crippen molar-refractivity contribution in [2.24, 2.45) is 5.73 Å². The standard InChI is InChI=1S/C29H27ClFN7O4/c30-22-8-4-5-17(26(22)31)14-33-24(39)15-37(20-10-11-20)25(40)16-38-23-12-9-19(13-21(23)27(36-38)28(32)41)35-29(42)34-18-6-2-1-3-7-18/h1-9,12-13,20H,10-11,14-16H2,(H2,32,41)(H,33,39)(H2,34,35,42). The number of carbonyl (C=O) groups excluding carboxylic acids is 4. The van der Waals surface area contributed by atoms with E-state index in [1.54, 1.807) is 48.5 Å². The molecule has 1 fully saturated rings. The van der Waals surface area contributed by atoms with Gasteiger partial charge in [0.15, 0.2) is 5.69 Å². The molecule has 0 aliphatic heterocycles. The maximum Gasteiger partial charge on any atom is 0.323 e. The monoisotopic (exact) mass is 591 g/mol. The van der Waals surface area contributed by atoms with Crippen LogP contribution in [0.2, 0.25) is 5.02 Å². The van der Waals surface area contributed by atoms with Crippen LogP contribution in [0, 0.1) is 5.82 Å². The lowest BCUT2D eigenvalue weighted by Gasteiger charge is -2.22. The highest BCUT2D eigenvalue weighted by atomic mass is 35.5. The Bertz CT molecular complexity index is 1670. The first kappa shape index (κ1) is 28.6. The zero-order valence-corrected chi connectivity index (χ0v) is 23.0. The van der Waals surface area contributed by atoms with Gasteiger partial charge in [-0.1, -0.05) is 41.9 Å². The highest BCUT2D eigenvalue weighted by Gasteiger charge is 2.34. The Morgan fingerprint density at radius 2 is 1.74 bits per heavy atom. The van der Waals surface area contributed by atoms with Crippen molar-refractivity contribution in [2.45, 2.75) is 32.0 Å². The third kappa shape index (κ3) is 6.66. The van der Waals surface area contributed by atoms with Gasteiger partial charge in [0.2, 0.25) is 11.8 Å². The molecule has 1 aliphatic rings. The van der Waals surface area contributed by atoms with Gasteiger partial charge in [-0.25, -0.2) is 9.18 Å². The summed E-state index contributed by atoms with van der Waals surface area (Å²) in [6, 6.07) is 17.6. The topological polar surface area (TPSA) is 151 Å². The van der Waals surface area contributed by atoms with Crippen molar-refractivity contribution in [1.29, 1.82) is 0 Å². The average Bonchev–Trinajstić information content (AvgIpc) is 3.74. The van der Waals surface area contributed by atoms with Crippen LogP contribution < -0.4 is 21.7 Å². The van der Waals surface area contributed by atoms with Crippen molar-refractivity contribution < 1.29 is 23.6 Å². The lowest BCUT2D eigenvalue weighted by molar-refractivity contribution is -0.137. The Morgan fingerprint density at radius 1 is 1.00 bits per heavy atom. The summed E-state index contributed by atoms with van der Waals surface area (Å²) in [6.07, 6.45) is 1.49. The molecule has 1 aliphatic carbocycles. The van der Waals surface area contributed by atoms with Gasteiger partial charge in [-0.15, -0.1) is 0 Å². The Labute approximate surface area is 244 Å². The molecule has 42 heavy (non-hydrogen) atoms. The molecule has 1 saturated carbocycles. The molecular weight excluding hydrogens is 565 g/mol. The molecule has 0 unspecified atom stereocenters. The van der Waals surface area contributed by atoms with Gasteiger partial charge >= 0.3 is 6.03 Å². The number of rotatable bonds is 10. The molecule has 4 aromatic rings. The summed E-state index contributed by atoms with van der Waals surface area (Å²) in [4.78, 5) is 52.1. The van der Waals surface area contributed by atoms with Crippen LogP contribution in [0.3, 0.4) is 0 Å². The smallest absolute Gasteiger partial charge is 0.323 e. The molecule has 5 amide bonds. The Hall–Kier alpha value is -4.97. The molecular formula is C29H27ClFN7O4. The first-order valence-corrected chi connectivity index (χ1v) is 13.5. The van der Waals surface area contributed by atoms with E-state index in [0.717, 1.165) is 12.8 Å². The van der Waals surface area contributed by atoms with Gasteiger partial charge in [0.1, 0.15) is 12.4 Å². The predicted octanol–water partition coefficient (Wildman–Crippen LogP) is 3.88. The largest absolute Gasteiger partial charge is 0.364 e. The minimum absolute atomic E-state index is 0.0448. The van der Waals surface area contributed by atoms with Gasteiger partial charge in [-0.3, -0.25) is 19.1 Å². The van der Waals surface area contributed by atoms with Gasteiger partial charge in [0.05, 0.1) is 17.1 Å². The van der Waals surface area contributed by atoms with Crippen LogP contribution in [0.1, 0.15) is 28.9 Å². The number of carbonyl (C=O) groups is 4. The van der Waals surface area contributed by atoms with Gasteiger partial charge in [0.25, 0.3) is 5.91 Å². The van der Waals surface area contributed by atoms with Crippen LogP contribution in [-0.4, -0.2) is 51.0 Å². The lowest BCUT2D eigenvalue weighted by Crippen LogP contribution is -2.43. The van der Waals surface area contributed by atoms with Crippen molar-refractivity contribution in [1.82, 2.24) is 20.0 Å². The maximum absolute atomic E-state index is 14.2. The molecule has 1 heterocycles. The summed E-state index contributed by atoms with van der Waals surface area (Å²) in [7, 11) is 0. The fourth-order valence-corrected chi connectivity index (χ4v) is 4.68. The van der Waals surface area contributed by atoms with Crippen LogP contribution in [0.4, 0.5) is 20.6 Å². The van der Waals surface area contributed by atoms with Crippen molar-refractivity contribution >= 4 is 57.6 Å². The first-order chi connectivity index (χ1) is 20.2. The number of nitrogens with one attached hydrogen (secondary N) is 3. The number of nitrogens with zero attached hydrogens (tertiary/aromatic N) is 3. The highest BCUT2D eigenvalue weighted by molar-refractivity contribution is 6.30. The molecule has 0 atom stereocenters. The minimum Gasteiger partial charge on any atom is -0.364 e. The number of urea groups is 1. The molecule has 5 N–H and O–H groups in total. The van der Waals surface area contributed by atoms with E-state index in [2.05, 4.69) is 21.0 Å². The third-order valence-corrected chi connectivity index (χ3v) is 6.98. The van der Waals surface area contributed by atoms with Gasteiger partial charge in [-0.05, 0) is 49.2 Å². The van der Waals surface area contributed by atoms with E-state index in [4.69, 9.17) is 17.3 Å². The van der Waals surface area contributed by atoms with Crippen molar-refractivity contribution in [3.05, 3.63) is 88.8 Å². The summed E-state index contributed by atoms with van der Waals surface area (Å²) in [5.74, 6) is -2.25. The predicted molar refractivity (Wildman–Crippen MR) is 155 cm³/mol. The van der Waals surface area contributed by atoms with Crippen molar-refractivity contribution in [3.63, 3.8) is 0 Å². The van der Waals surface area contributed by atoms with Gasteiger partial charge < -0.3 is 26.6 Å². The number of nitrogens with two attached hydrogens (primary N) is 1. The quantitative estimate of drug-likeness (QED) is 0.221. The second-order valence-electron chi connectivity index (χ2n) is 9.79. The average molecular weight is 592 g/mol. The van der Waals surface area contributed by atoms with Crippen LogP contribution in [0.25, 0.3) is 10.9 Å². The molecule has 13 heteroatoms. The number of para-hydroxylation sites is 1. The number of hydrogen-bond acceptors (Lipinski definition) is 5. The normalized spacial score (nSPS) is 12.5. The molecule has 5 rings (SSSR count). The van der Waals surface area contributed by atoms with E-state index >= 15 is 0 Å². The second kappa shape index (κ2) is 12.3. The summed E-state index contributed by atoms with van der Waals surface area (Å²) in [6.45, 7) is -0.556. The summed E-state index contributed by atoms with van der Waals surface area (Å²) in [5, 5.41) is 12.6. The third-order valence-electron chi connectivity index (χ3n) is 6.69. The minimum atomic E-state index is -0.802. The number of benzene rings is 3. The van der Waals surface area contributed by atoms with E-state index in [-0.39, 0.29) is 47.9 Å². The van der Waals surface area contributed by atoms with Crippen LogP contribution in [0.15, 0.2) is 66.7 Å². The van der Waals surface area contributed by atoms with Crippen molar-refractivity contribution in [2.75, 3.05) is 17.2 Å². The fraction of sp³-hybridized carbons (Fsp3) is 0.207. The molecule has 0 bridgehead atoms. The molecule has 0 radical (unpaired) electrons. The number of amides is 5.